The first kappa shape index (κ1) is 20.0. The van der Waals surface area contributed by atoms with Gasteiger partial charge in [0.25, 0.3) is 0 Å². The number of rotatable bonds is 4. The van der Waals surface area contributed by atoms with Gasteiger partial charge in [-0.15, -0.1) is 0 Å². The van der Waals surface area contributed by atoms with E-state index in [-0.39, 0.29) is 0 Å². The fraction of sp³-hybridized carbons (Fsp3) is 0.300. The molecule has 0 radical (unpaired) electrons. The van der Waals surface area contributed by atoms with Gasteiger partial charge in [-0.05, 0) is 11.1 Å². The fourth-order valence-electron chi connectivity index (χ4n) is 3.59. The van der Waals surface area contributed by atoms with E-state index in [4.69, 9.17) is 9.47 Å². The number of esters is 2. The molecule has 148 valence electrons. The first-order valence-electron chi connectivity index (χ1n) is 8.66. The summed E-state index contributed by atoms with van der Waals surface area (Å²) in [5, 5.41) is 0.448. The van der Waals surface area contributed by atoms with E-state index < -0.39 is 44.4 Å². The van der Waals surface area contributed by atoms with E-state index in [1.54, 1.807) is 60.7 Å². The Morgan fingerprint density at radius 2 is 1.11 bits per heavy atom. The third kappa shape index (κ3) is 3.53. The van der Waals surface area contributed by atoms with Crippen LogP contribution in [0.15, 0.2) is 60.7 Å². The average Bonchev–Trinajstić information content (AvgIpc) is 2.72. The van der Waals surface area contributed by atoms with E-state index in [1.165, 1.54) is 14.2 Å². The number of carbonyl (C=O) groups excluding carboxylic acids is 2. The van der Waals surface area contributed by atoms with Crippen molar-refractivity contribution in [3.8, 4) is 0 Å². The molecule has 1 saturated heterocycles. The molecule has 28 heavy (non-hydrogen) atoms. The molecule has 1 aliphatic rings. The number of ether oxygens (including phenoxy) is 2. The maximum absolute atomic E-state index is 13.7. The maximum Gasteiger partial charge on any atom is 0.324 e. The van der Waals surface area contributed by atoms with Gasteiger partial charge >= 0.3 is 11.9 Å². The molecule has 0 unspecified atom stereocenters. The molecule has 7 nitrogen and oxygen atoms in total. The molecule has 1 fully saturated rings. The zero-order chi connectivity index (χ0) is 20.3. The Balaban J connectivity index is 2.21. The van der Waals surface area contributed by atoms with Crippen LogP contribution in [0.1, 0.15) is 21.6 Å². The lowest BCUT2D eigenvalue weighted by molar-refractivity contribution is -0.147. The Labute approximate surface area is 163 Å². The van der Waals surface area contributed by atoms with Crippen molar-refractivity contribution in [3.63, 3.8) is 0 Å². The van der Waals surface area contributed by atoms with Crippen molar-refractivity contribution in [1.29, 1.82) is 0 Å². The number of benzene rings is 2. The molecule has 1 N–H and O–H groups in total. The minimum atomic E-state index is -4.04. The molecule has 2 aromatic rings. The molecule has 1 heterocycles. The Hall–Kier alpha value is -2.71. The number of carbonyl (C=O) groups is 2. The van der Waals surface area contributed by atoms with Gasteiger partial charge in [0.05, 0.1) is 14.2 Å². The van der Waals surface area contributed by atoms with E-state index in [2.05, 4.69) is 5.32 Å². The molecule has 0 bridgehead atoms. The summed E-state index contributed by atoms with van der Waals surface area (Å²) in [6, 6.07) is 14.4. The van der Waals surface area contributed by atoms with Crippen LogP contribution in [0.5, 0.6) is 0 Å². The van der Waals surface area contributed by atoms with Gasteiger partial charge in [0.15, 0.2) is 9.84 Å². The van der Waals surface area contributed by atoms with Crippen LogP contribution < -0.4 is 5.32 Å². The zero-order valence-corrected chi connectivity index (χ0v) is 16.3. The van der Waals surface area contributed by atoms with E-state index in [0.29, 0.717) is 11.1 Å². The first-order chi connectivity index (χ1) is 13.4. The highest BCUT2D eigenvalue weighted by molar-refractivity contribution is 7.92. The number of hydrogen-bond donors (Lipinski definition) is 1. The summed E-state index contributed by atoms with van der Waals surface area (Å²) in [7, 11) is -1.69. The van der Waals surface area contributed by atoms with Gasteiger partial charge in [0.2, 0.25) is 0 Å². The van der Waals surface area contributed by atoms with Crippen LogP contribution in [0.4, 0.5) is 0 Å². The third-order valence-corrected chi connectivity index (χ3v) is 7.34. The van der Waals surface area contributed by atoms with Crippen LogP contribution in [0.25, 0.3) is 0 Å². The van der Waals surface area contributed by atoms with Crippen LogP contribution in [0.3, 0.4) is 0 Å². The third-order valence-electron chi connectivity index (χ3n) is 4.84. The lowest BCUT2D eigenvalue weighted by Crippen LogP contribution is -2.60. The van der Waals surface area contributed by atoms with Gasteiger partial charge < -0.3 is 9.47 Å². The predicted octanol–water partition coefficient (Wildman–Crippen LogP) is 1.57. The first-order valence-corrected chi connectivity index (χ1v) is 10.3. The molecule has 0 saturated carbocycles. The number of hydrogen-bond acceptors (Lipinski definition) is 7. The van der Waals surface area contributed by atoms with E-state index in [1.807, 2.05) is 0 Å². The van der Waals surface area contributed by atoms with Gasteiger partial charge in [0.1, 0.15) is 22.6 Å². The van der Waals surface area contributed by atoms with Crippen molar-refractivity contribution in [2.45, 2.75) is 22.6 Å². The van der Waals surface area contributed by atoms with Crippen molar-refractivity contribution < 1.29 is 27.5 Å². The Morgan fingerprint density at radius 3 is 1.43 bits per heavy atom. The molecule has 1 aliphatic heterocycles. The highest BCUT2D eigenvalue weighted by atomic mass is 32.2. The van der Waals surface area contributed by atoms with Crippen LogP contribution in [-0.2, 0) is 28.9 Å². The average molecular weight is 403 g/mol. The minimum Gasteiger partial charge on any atom is -0.468 e. The highest BCUT2D eigenvalue weighted by Crippen LogP contribution is 2.43. The molecule has 0 aromatic heterocycles. The van der Waals surface area contributed by atoms with E-state index >= 15 is 0 Å². The second-order valence-corrected chi connectivity index (χ2v) is 8.61. The summed E-state index contributed by atoms with van der Waals surface area (Å²) in [5.41, 5.74) is 0.879. The Kier molecular flexibility index (Phi) is 5.81. The lowest BCUT2D eigenvalue weighted by Gasteiger charge is -2.40. The quantitative estimate of drug-likeness (QED) is 0.774. The van der Waals surface area contributed by atoms with E-state index in [9.17, 15) is 18.0 Å². The van der Waals surface area contributed by atoms with Crippen molar-refractivity contribution in [1.82, 2.24) is 5.32 Å². The molecular weight excluding hydrogens is 382 g/mol. The summed E-state index contributed by atoms with van der Waals surface area (Å²) in [6.07, 6.45) is 0. The molecule has 0 amide bonds. The number of nitrogens with one attached hydrogen (secondary N) is 1. The Bertz CT molecular complexity index is 874. The van der Waals surface area contributed by atoms with Crippen molar-refractivity contribution in [2.75, 3.05) is 14.2 Å². The molecular formula is C20H21NO6S. The van der Waals surface area contributed by atoms with Gasteiger partial charge in [-0.25, -0.2) is 8.42 Å². The van der Waals surface area contributed by atoms with Crippen molar-refractivity contribution in [3.05, 3.63) is 71.8 Å². The van der Waals surface area contributed by atoms with Crippen LogP contribution in [-0.4, -0.2) is 46.7 Å². The predicted molar refractivity (Wildman–Crippen MR) is 102 cm³/mol. The van der Waals surface area contributed by atoms with Crippen LogP contribution in [0, 0.1) is 0 Å². The molecule has 4 atom stereocenters. The number of sulfone groups is 1. The minimum absolute atomic E-state index is 0.439. The Morgan fingerprint density at radius 1 is 0.750 bits per heavy atom. The fourth-order valence-corrected chi connectivity index (χ4v) is 6.12. The van der Waals surface area contributed by atoms with Crippen molar-refractivity contribution >= 4 is 21.8 Å². The van der Waals surface area contributed by atoms with Crippen LogP contribution in [0.2, 0.25) is 0 Å². The van der Waals surface area contributed by atoms with E-state index in [0.717, 1.165) is 0 Å². The molecule has 2 aromatic carbocycles. The summed E-state index contributed by atoms with van der Waals surface area (Å²) < 4.78 is 37.1. The topological polar surface area (TPSA) is 98.8 Å². The second kappa shape index (κ2) is 8.12. The summed E-state index contributed by atoms with van der Waals surface area (Å²) in [4.78, 5) is 24.9. The second-order valence-electron chi connectivity index (χ2n) is 6.42. The zero-order valence-electron chi connectivity index (χ0n) is 15.4. The van der Waals surface area contributed by atoms with Gasteiger partial charge in [0, 0.05) is 0 Å². The van der Waals surface area contributed by atoms with Gasteiger partial charge in [-0.2, -0.15) is 0 Å². The standard InChI is InChI=1S/C20H21NO6S/c1-26-19(22)15-17(13-9-5-3-6-10-13)28(24,25)18(14-11-7-4-8-12-14)16(21-15)20(23)27-2/h3-12,15-18,21H,1-2H3/t15-,16+,17-,18-/m1/s1. The summed E-state index contributed by atoms with van der Waals surface area (Å²) in [5.74, 6) is -1.53. The molecule has 8 heteroatoms. The lowest BCUT2D eigenvalue weighted by atomic mass is 9.99. The van der Waals surface area contributed by atoms with Gasteiger partial charge in [-0.1, -0.05) is 60.7 Å². The summed E-state index contributed by atoms with van der Waals surface area (Å²) >= 11 is 0. The van der Waals surface area contributed by atoms with Crippen LogP contribution >= 0.6 is 0 Å². The highest BCUT2D eigenvalue weighted by Gasteiger charge is 2.55. The molecule has 0 spiro atoms. The maximum atomic E-state index is 13.7. The normalized spacial score (nSPS) is 26.2. The molecule has 3 rings (SSSR count). The largest absolute Gasteiger partial charge is 0.468 e. The van der Waals surface area contributed by atoms with Gasteiger partial charge in [-0.3, -0.25) is 14.9 Å². The smallest absolute Gasteiger partial charge is 0.324 e. The molecule has 0 aliphatic carbocycles. The number of methoxy groups -OCH3 is 2. The monoisotopic (exact) mass is 403 g/mol. The van der Waals surface area contributed by atoms with Crippen molar-refractivity contribution in [2.24, 2.45) is 0 Å². The summed E-state index contributed by atoms with van der Waals surface area (Å²) in [6.45, 7) is 0. The SMILES string of the molecule is COC(=O)[C@H]1N[C@@H](C(=O)OC)[C@@H](c2ccccc2)S(=O)(=O)[C@@H]1c1ccccc1.